The minimum Gasteiger partial charge on any atom is -0.310 e. The van der Waals surface area contributed by atoms with E-state index in [4.69, 9.17) is 11.6 Å². The van der Waals surface area contributed by atoms with Gasteiger partial charge in [-0.15, -0.1) is 11.8 Å². The maximum atomic E-state index is 14.8. The van der Waals surface area contributed by atoms with Crippen LogP contribution in [0, 0.1) is 11.6 Å². The van der Waals surface area contributed by atoms with E-state index in [0.717, 1.165) is 37.1 Å². The molecule has 0 atom stereocenters. The molecule has 5 heteroatoms. The summed E-state index contributed by atoms with van der Waals surface area (Å²) in [7, 11) is 0. The third-order valence-electron chi connectivity index (χ3n) is 5.78. The zero-order valence-electron chi connectivity index (χ0n) is 16.6. The monoisotopic (exact) mass is 443 g/mol. The van der Waals surface area contributed by atoms with E-state index in [1.165, 1.54) is 23.8 Å². The van der Waals surface area contributed by atoms with Gasteiger partial charge in [0, 0.05) is 32.8 Å². The van der Waals surface area contributed by atoms with Gasteiger partial charge in [0.05, 0.1) is 0 Å². The second-order valence-electron chi connectivity index (χ2n) is 7.82. The van der Waals surface area contributed by atoms with Crippen molar-refractivity contribution >= 4 is 23.4 Å². The largest absolute Gasteiger partial charge is 0.310 e. The average Bonchev–Trinajstić information content (AvgIpc) is 2.77. The molecule has 3 aromatic rings. The molecule has 3 aromatic carbocycles. The summed E-state index contributed by atoms with van der Waals surface area (Å²) in [6.07, 6.45) is 3.35. The Bertz CT molecular complexity index is 970. The van der Waals surface area contributed by atoms with Gasteiger partial charge in [-0.25, -0.2) is 8.78 Å². The van der Waals surface area contributed by atoms with E-state index < -0.39 is 10.6 Å². The van der Waals surface area contributed by atoms with Crippen molar-refractivity contribution in [2.24, 2.45) is 0 Å². The van der Waals surface area contributed by atoms with Gasteiger partial charge in [-0.1, -0.05) is 41.9 Å². The van der Waals surface area contributed by atoms with Gasteiger partial charge in [0.15, 0.2) is 0 Å². The number of rotatable bonds is 6. The molecule has 1 saturated carbocycles. The fourth-order valence-corrected chi connectivity index (χ4v) is 5.70. The molecule has 0 heterocycles. The number of hydrogen-bond acceptors (Lipinski definition) is 2. The maximum Gasteiger partial charge on any atom is 0.128 e. The van der Waals surface area contributed by atoms with Gasteiger partial charge in [-0.3, -0.25) is 0 Å². The summed E-state index contributed by atoms with van der Waals surface area (Å²) in [6, 6.07) is 22.1. The van der Waals surface area contributed by atoms with Crippen LogP contribution in [0.1, 0.15) is 36.8 Å². The number of nitrogens with one attached hydrogen (secondary N) is 1. The fourth-order valence-electron chi connectivity index (χ4n) is 4.15. The molecular weight excluding hydrogens is 420 g/mol. The molecule has 1 aliphatic rings. The second kappa shape index (κ2) is 9.51. The number of halogens is 3. The number of hydrogen-bond donors (Lipinski definition) is 1. The first-order valence-electron chi connectivity index (χ1n) is 10.2. The van der Waals surface area contributed by atoms with Gasteiger partial charge < -0.3 is 5.32 Å². The average molecular weight is 444 g/mol. The lowest BCUT2D eigenvalue weighted by Gasteiger charge is -2.40. The van der Waals surface area contributed by atoms with Gasteiger partial charge in [0.2, 0.25) is 0 Å². The van der Waals surface area contributed by atoms with Gasteiger partial charge in [-0.05, 0) is 73.7 Å². The van der Waals surface area contributed by atoms with Crippen LogP contribution in [0.3, 0.4) is 0 Å². The van der Waals surface area contributed by atoms with Crippen LogP contribution in [-0.4, -0.2) is 6.04 Å². The Labute approximate surface area is 185 Å². The lowest BCUT2D eigenvalue weighted by molar-refractivity contribution is 0.314. The molecule has 0 bridgehead atoms. The molecule has 1 N–H and O–H groups in total. The highest BCUT2D eigenvalue weighted by atomic mass is 35.5. The lowest BCUT2D eigenvalue weighted by Crippen LogP contribution is -2.38. The molecule has 4 rings (SSSR count). The Morgan fingerprint density at radius 2 is 1.63 bits per heavy atom. The molecule has 1 nitrogen and oxygen atoms in total. The van der Waals surface area contributed by atoms with Crippen LogP contribution < -0.4 is 5.32 Å². The van der Waals surface area contributed by atoms with Gasteiger partial charge in [0.1, 0.15) is 11.6 Å². The van der Waals surface area contributed by atoms with Crippen LogP contribution in [-0.2, 0) is 11.3 Å². The minimum absolute atomic E-state index is 0.339. The molecule has 0 radical (unpaired) electrons. The van der Waals surface area contributed by atoms with Gasteiger partial charge in [-0.2, -0.15) is 0 Å². The Balaban J connectivity index is 1.53. The van der Waals surface area contributed by atoms with Crippen molar-refractivity contribution in [1.29, 1.82) is 0 Å². The first-order chi connectivity index (χ1) is 14.5. The summed E-state index contributed by atoms with van der Waals surface area (Å²) < 4.78 is 28.4. The number of thioether (sulfide) groups is 1. The van der Waals surface area contributed by atoms with Crippen LogP contribution in [0.15, 0.2) is 77.7 Å². The van der Waals surface area contributed by atoms with Crippen LogP contribution >= 0.6 is 23.4 Å². The predicted octanol–water partition coefficient (Wildman–Crippen LogP) is 7.34. The van der Waals surface area contributed by atoms with Crippen LogP contribution in [0.25, 0.3) is 0 Å². The summed E-state index contributed by atoms with van der Waals surface area (Å²) >= 11 is 7.65. The van der Waals surface area contributed by atoms with Gasteiger partial charge >= 0.3 is 0 Å². The molecule has 156 valence electrons. The third-order valence-corrected chi connectivity index (χ3v) is 7.56. The highest BCUT2D eigenvalue weighted by Crippen LogP contribution is 2.52. The first-order valence-corrected chi connectivity index (χ1v) is 11.4. The van der Waals surface area contributed by atoms with Crippen molar-refractivity contribution in [1.82, 2.24) is 5.32 Å². The van der Waals surface area contributed by atoms with Crippen molar-refractivity contribution < 1.29 is 8.78 Å². The molecule has 30 heavy (non-hydrogen) atoms. The molecule has 0 aromatic heterocycles. The summed E-state index contributed by atoms with van der Waals surface area (Å²) in [5, 5.41) is 4.30. The summed E-state index contributed by atoms with van der Waals surface area (Å²) in [4.78, 5) is 1.01. The molecule has 0 unspecified atom stereocenters. The van der Waals surface area contributed by atoms with Crippen molar-refractivity contribution in [2.75, 3.05) is 0 Å². The van der Waals surface area contributed by atoms with E-state index in [9.17, 15) is 8.78 Å². The fraction of sp³-hybridized carbons (Fsp3) is 0.280. The van der Waals surface area contributed by atoms with Crippen LogP contribution in [0.2, 0.25) is 5.02 Å². The van der Waals surface area contributed by atoms with E-state index in [1.54, 1.807) is 11.8 Å². The van der Waals surface area contributed by atoms with Crippen molar-refractivity contribution in [3.8, 4) is 0 Å². The van der Waals surface area contributed by atoms with E-state index >= 15 is 0 Å². The Morgan fingerprint density at radius 3 is 2.33 bits per heavy atom. The van der Waals surface area contributed by atoms with E-state index in [2.05, 4.69) is 17.4 Å². The SMILES string of the molecule is Fc1ccc(F)c([C@]2(Sc3ccc(Cl)cc3)CC[C@@H](NCc3ccccc3)CC2)c1. The molecule has 0 saturated heterocycles. The Hall–Kier alpha value is -1.88. The maximum absolute atomic E-state index is 14.8. The van der Waals surface area contributed by atoms with Crippen molar-refractivity contribution in [3.63, 3.8) is 0 Å². The smallest absolute Gasteiger partial charge is 0.128 e. The van der Waals surface area contributed by atoms with E-state index in [1.807, 2.05) is 42.5 Å². The highest BCUT2D eigenvalue weighted by molar-refractivity contribution is 8.00. The Morgan fingerprint density at radius 1 is 0.933 bits per heavy atom. The van der Waals surface area contributed by atoms with Crippen molar-refractivity contribution in [2.45, 2.75) is 47.9 Å². The third kappa shape index (κ3) is 5.05. The highest BCUT2D eigenvalue weighted by Gasteiger charge is 2.40. The Kier molecular flexibility index (Phi) is 6.77. The number of benzene rings is 3. The van der Waals surface area contributed by atoms with Crippen molar-refractivity contribution in [3.05, 3.63) is 101 Å². The molecule has 0 spiro atoms. The first kappa shape index (κ1) is 21.4. The molecule has 1 fully saturated rings. The molecular formula is C25H24ClF2NS. The quantitative estimate of drug-likeness (QED) is 0.427. The normalized spacial score (nSPS) is 21.5. The second-order valence-corrected chi connectivity index (χ2v) is 9.71. The standard InChI is InChI=1S/C25H24ClF2NS/c26-19-6-9-22(10-7-19)30-25(23-16-20(27)8-11-24(23)28)14-12-21(13-15-25)29-17-18-4-2-1-3-5-18/h1-11,16,21,29H,12-15,17H2/t21-,25+. The molecule has 1 aliphatic carbocycles. The lowest BCUT2D eigenvalue weighted by atomic mass is 9.80. The summed E-state index contributed by atoms with van der Waals surface area (Å²) in [5.74, 6) is -0.736. The van der Waals surface area contributed by atoms with Crippen LogP contribution in [0.4, 0.5) is 8.78 Å². The summed E-state index contributed by atoms with van der Waals surface area (Å²) in [6.45, 7) is 0.817. The predicted molar refractivity (Wildman–Crippen MR) is 121 cm³/mol. The van der Waals surface area contributed by atoms with E-state index in [-0.39, 0.29) is 5.82 Å². The minimum atomic E-state index is -0.495. The molecule has 0 amide bonds. The van der Waals surface area contributed by atoms with Crippen LogP contribution in [0.5, 0.6) is 0 Å². The zero-order chi connectivity index (χ0) is 21.0. The summed E-state index contributed by atoms with van der Waals surface area (Å²) in [5.41, 5.74) is 1.71. The van der Waals surface area contributed by atoms with Gasteiger partial charge in [0.25, 0.3) is 0 Å². The topological polar surface area (TPSA) is 12.0 Å². The zero-order valence-corrected chi connectivity index (χ0v) is 18.2. The van der Waals surface area contributed by atoms with E-state index in [0.29, 0.717) is 16.6 Å². The molecule has 0 aliphatic heterocycles.